The minimum atomic E-state index is -1.12. The molecule has 0 heterocycles. The molecular formula is C13H19IO2Si. The van der Waals surface area contributed by atoms with Gasteiger partial charge in [-0.3, -0.25) is 0 Å². The van der Waals surface area contributed by atoms with Gasteiger partial charge in [0.2, 0.25) is 0 Å². The Morgan fingerprint density at radius 2 is 1.82 bits per heavy atom. The average Bonchev–Trinajstić information content (AvgIpc) is 2.27. The zero-order valence-electron chi connectivity index (χ0n) is 10.6. The topological polar surface area (TPSA) is 26.3 Å². The monoisotopic (exact) mass is 362 g/mol. The largest absolute Gasteiger partial charge is 0.462 e. The van der Waals surface area contributed by atoms with Crippen molar-refractivity contribution in [3.8, 4) is 0 Å². The van der Waals surface area contributed by atoms with E-state index in [4.69, 9.17) is 4.74 Å². The van der Waals surface area contributed by atoms with E-state index < -0.39 is 8.07 Å². The number of halogens is 1. The Labute approximate surface area is 118 Å². The van der Waals surface area contributed by atoms with E-state index in [9.17, 15) is 4.79 Å². The summed E-state index contributed by atoms with van der Waals surface area (Å²) in [5.41, 5.74) is 1.87. The van der Waals surface area contributed by atoms with E-state index in [1.54, 1.807) is 0 Å². The van der Waals surface area contributed by atoms with Crippen LogP contribution in [0.15, 0.2) is 24.3 Å². The normalized spacial score (nSPS) is 11.3. The highest BCUT2D eigenvalue weighted by molar-refractivity contribution is 14.1. The van der Waals surface area contributed by atoms with Crippen molar-refractivity contribution in [1.29, 1.82) is 0 Å². The van der Waals surface area contributed by atoms with E-state index >= 15 is 0 Å². The van der Waals surface area contributed by atoms with Gasteiger partial charge in [0, 0.05) is 12.5 Å². The van der Waals surface area contributed by atoms with Crippen LogP contribution in [0.4, 0.5) is 0 Å². The maximum atomic E-state index is 11.7. The van der Waals surface area contributed by atoms with Gasteiger partial charge in [-0.2, -0.15) is 0 Å². The number of hydrogen-bond acceptors (Lipinski definition) is 2. The lowest BCUT2D eigenvalue weighted by Gasteiger charge is -2.15. The van der Waals surface area contributed by atoms with Crippen molar-refractivity contribution in [3.63, 3.8) is 0 Å². The van der Waals surface area contributed by atoms with Crippen molar-refractivity contribution >= 4 is 36.6 Å². The third-order valence-electron chi connectivity index (χ3n) is 2.43. The van der Waals surface area contributed by atoms with Gasteiger partial charge in [-0.1, -0.05) is 54.4 Å². The Bertz CT molecular complexity index is 368. The second-order valence-electron chi connectivity index (χ2n) is 5.28. The smallest absolute Gasteiger partial charge is 0.338 e. The van der Waals surface area contributed by atoms with Gasteiger partial charge in [-0.05, 0) is 23.7 Å². The van der Waals surface area contributed by atoms with Crippen molar-refractivity contribution in [2.45, 2.75) is 30.1 Å². The molecular weight excluding hydrogens is 343 g/mol. The first-order chi connectivity index (χ1) is 7.92. The van der Waals surface area contributed by atoms with Crippen LogP contribution in [0.25, 0.3) is 0 Å². The summed E-state index contributed by atoms with van der Waals surface area (Å²) >= 11 is 2.30. The molecule has 1 rings (SSSR count). The van der Waals surface area contributed by atoms with Crippen LogP contribution < -0.4 is 0 Å². The first-order valence-electron chi connectivity index (χ1n) is 5.74. The van der Waals surface area contributed by atoms with Crippen LogP contribution in [0.3, 0.4) is 0 Å². The van der Waals surface area contributed by atoms with Crippen LogP contribution in [0.5, 0.6) is 0 Å². The molecule has 94 valence electrons. The summed E-state index contributed by atoms with van der Waals surface area (Å²) in [7, 11) is -1.12. The summed E-state index contributed by atoms with van der Waals surface area (Å²) in [5.74, 6) is -0.205. The third kappa shape index (κ3) is 5.67. The maximum Gasteiger partial charge on any atom is 0.338 e. The summed E-state index contributed by atoms with van der Waals surface area (Å²) in [6.45, 7) is 7.37. The summed E-state index contributed by atoms with van der Waals surface area (Å²) in [6.07, 6.45) is 0. The molecule has 0 spiro atoms. The van der Waals surface area contributed by atoms with Crippen molar-refractivity contribution < 1.29 is 9.53 Å². The minimum absolute atomic E-state index is 0.205. The molecule has 0 aliphatic heterocycles. The molecule has 0 saturated heterocycles. The lowest BCUT2D eigenvalue weighted by atomic mass is 10.1. The Hall–Kier alpha value is -0.363. The molecule has 0 saturated carbocycles. The van der Waals surface area contributed by atoms with Crippen LogP contribution >= 0.6 is 22.6 Å². The zero-order chi connectivity index (χ0) is 12.9. The van der Waals surface area contributed by atoms with Crippen LogP contribution in [-0.2, 0) is 9.16 Å². The van der Waals surface area contributed by atoms with Crippen LogP contribution in [0.2, 0.25) is 25.7 Å². The molecule has 1 aromatic rings. The van der Waals surface area contributed by atoms with Gasteiger partial charge in [-0.15, -0.1) is 0 Å². The van der Waals surface area contributed by atoms with Crippen molar-refractivity contribution in [2.24, 2.45) is 0 Å². The molecule has 0 aliphatic rings. The first kappa shape index (κ1) is 14.7. The van der Waals surface area contributed by atoms with Crippen LogP contribution in [-0.4, -0.2) is 20.7 Å². The van der Waals surface area contributed by atoms with E-state index in [-0.39, 0.29) is 5.97 Å². The quantitative estimate of drug-likeness (QED) is 0.341. The van der Waals surface area contributed by atoms with Crippen molar-refractivity contribution in [3.05, 3.63) is 35.4 Å². The molecule has 0 radical (unpaired) electrons. The molecule has 1 aromatic carbocycles. The number of esters is 1. The molecule has 0 aromatic heterocycles. The molecule has 0 bridgehead atoms. The summed E-state index contributed by atoms with van der Waals surface area (Å²) in [5, 5.41) is 0. The molecule has 17 heavy (non-hydrogen) atoms. The Kier molecular flexibility index (Phi) is 5.65. The fourth-order valence-electron chi connectivity index (χ4n) is 1.26. The molecule has 4 heteroatoms. The highest BCUT2D eigenvalue weighted by Crippen LogP contribution is 2.11. The van der Waals surface area contributed by atoms with Gasteiger partial charge in [0.15, 0.2) is 0 Å². The Morgan fingerprint density at radius 1 is 1.24 bits per heavy atom. The SMILES string of the molecule is C[Si](C)(C)CCOC(=O)c1ccc(CI)cc1. The van der Waals surface area contributed by atoms with E-state index in [1.165, 1.54) is 5.56 Å². The van der Waals surface area contributed by atoms with Crippen molar-refractivity contribution in [1.82, 2.24) is 0 Å². The maximum absolute atomic E-state index is 11.7. The second-order valence-corrected chi connectivity index (χ2v) is 11.7. The lowest BCUT2D eigenvalue weighted by molar-refractivity contribution is 0.0525. The van der Waals surface area contributed by atoms with E-state index in [0.717, 1.165) is 10.5 Å². The predicted octanol–water partition coefficient (Wildman–Crippen LogP) is 4.12. The first-order valence-corrected chi connectivity index (χ1v) is 11.0. The highest BCUT2D eigenvalue weighted by atomic mass is 127. The van der Waals surface area contributed by atoms with Crippen LogP contribution in [0, 0.1) is 0 Å². The van der Waals surface area contributed by atoms with Crippen LogP contribution in [0.1, 0.15) is 15.9 Å². The second kappa shape index (κ2) is 6.54. The molecule has 0 atom stereocenters. The summed E-state index contributed by atoms with van der Waals surface area (Å²) in [6, 6.07) is 8.64. The molecule has 0 fully saturated rings. The van der Waals surface area contributed by atoms with E-state index in [1.807, 2.05) is 24.3 Å². The van der Waals surface area contributed by atoms with Crippen molar-refractivity contribution in [2.75, 3.05) is 6.61 Å². The zero-order valence-corrected chi connectivity index (χ0v) is 13.8. The van der Waals surface area contributed by atoms with Gasteiger partial charge in [-0.25, -0.2) is 4.79 Å². The van der Waals surface area contributed by atoms with Gasteiger partial charge in [0.25, 0.3) is 0 Å². The number of benzene rings is 1. The fraction of sp³-hybridized carbons (Fsp3) is 0.462. The Morgan fingerprint density at radius 3 is 2.29 bits per heavy atom. The molecule has 0 amide bonds. The number of alkyl halides is 1. The molecule has 0 N–H and O–H groups in total. The molecule has 0 unspecified atom stereocenters. The standard InChI is InChI=1S/C13H19IO2Si/c1-17(2,3)9-8-16-13(15)12-6-4-11(10-14)5-7-12/h4-7H,8-10H2,1-3H3. The van der Waals surface area contributed by atoms with Gasteiger partial charge >= 0.3 is 5.97 Å². The highest BCUT2D eigenvalue weighted by Gasteiger charge is 2.14. The lowest BCUT2D eigenvalue weighted by Crippen LogP contribution is -2.22. The molecule has 0 aliphatic carbocycles. The van der Waals surface area contributed by atoms with Gasteiger partial charge < -0.3 is 4.74 Å². The average molecular weight is 362 g/mol. The Balaban J connectivity index is 2.47. The third-order valence-corrected chi connectivity index (χ3v) is 5.01. The summed E-state index contributed by atoms with van der Waals surface area (Å²) < 4.78 is 6.23. The van der Waals surface area contributed by atoms with E-state index in [2.05, 4.69) is 42.2 Å². The molecule has 2 nitrogen and oxygen atoms in total. The van der Waals surface area contributed by atoms with Gasteiger partial charge in [0.1, 0.15) is 0 Å². The number of ether oxygens (including phenoxy) is 1. The number of carbonyl (C=O) groups is 1. The minimum Gasteiger partial charge on any atom is -0.462 e. The number of rotatable bonds is 5. The predicted molar refractivity (Wildman–Crippen MR) is 82.6 cm³/mol. The summed E-state index contributed by atoms with van der Waals surface area (Å²) in [4.78, 5) is 11.7. The van der Waals surface area contributed by atoms with Gasteiger partial charge in [0.05, 0.1) is 12.2 Å². The number of hydrogen-bond donors (Lipinski definition) is 0. The number of carbonyl (C=O) groups excluding carboxylic acids is 1. The van der Waals surface area contributed by atoms with E-state index in [0.29, 0.717) is 12.2 Å². The fourth-order valence-corrected chi connectivity index (χ4v) is 2.49.